The molecule has 8 nitrogen and oxygen atoms in total. The summed E-state index contributed by atoms with van der Waals surface area (Å²) in [6.07, 6.45) is 4.60. The van der Waals surface area contributed by atoms with Crippen molar-refractivity contribution in [2.45, 2.75) is 84.8 Å². The van der Waals surface area contributed by atoms with Crippen LogP contribution in [0.25, 0.3) is 5.69 Å². The molecule has 2 aromatic rings. The molecule has 2 aliphatic carbocycles. The standard InChI is InChI=1S/C28H38N4O4/c1-16-17(2)32(23-14-28(3,4)15-24(33)26(16)23)19-7-10-21(27(30)35)22(13-19)31-18-5-8-20(9-6-18)36-25(34)11-12-29/h7,10,13,18,20,31H,5-6,8-9,11-12,14-15,29H2,1-4H3,(H2,30,35). The smallest absolute Gasteiger partial charge is 0.307 e. The van der Waals surface area contributed by atoms with Gasteiger partial charge in [0.15, 0.2) is 5.78 Å². The summed E-state index contributed by atoms with van der Waals surface area (Å²) in [6, 6.07) is 5.76. The van der Waals surface area contributed by atoms with Gasteiger partial charge in [-0.25, -0.2) is 0 Å². The Morgan fingerprint density at radius 3 is 2.47 bits per heavy atom. The number of primary amides is 1. The Morgan fingerprint density at radius 1 is 1.14 bits per heavy atom. The predicted molar refractivity (Wildman–Crippen MR) is 140 cm³/mol. The summed E-state index contributed by atoms with van der Waals surface area (Å²) < 4.78 is 7.67. The maximum absolute atomic E-state index is 13.0. The summed E-state index contributed by atoms with van der Waals surface area (Å²) in [4.78, 5) is 37.0. The second kappa shape index (κ2) is 10.1. The van der Waals surface area contributed by atoms with E-state index in [0.717, 1.165) is 60.3 Å². The molecular weight excluding hydrogens is 456 g/mol. The average molecular weight is 495 g/mol. The zero-order valence-corrected chi connectivity index (χ0v) is 21.8. The van der Waals surface area contributed by atoms with E-state index in [9.17, 15) is 14.4 Å². The molecule has 1 aromatic heterocycles. The highest BCUT2D eigenvalue weighted by Crippen LogP contribution is 2.40. The summed E-state index contributed by atoms with van der Waals surface area (Å²) in [5.74, 6) is -0.552. The lowest BCUT2D eigenvalue weighted by Gasteiger charge is -2.31. The maximum atomic E-state index is 13.0. The lowest BCUT2D eigenvalue weighted by Crippen LogP contribution is -2.32. The Kier molecular flexibility index (Phi) is 7.27. The molecule has 0 saturated heterocycles. The van der Waals surface area contributed by atoms with Gasteiger partial charge in [0.2, 0.25) is 0 Å². The van der Waals surface area contributed by atoms with Crippen LogP contribution in [-0.4, -0.2) is 40.9 Å². The van der Waals surface area contributed by atoms with Crippen LogP contribution in [0.5, 0.6) is 0 Å². The summed E-state index contributed by atoms with van der Waals surface area (Å²) in [7, 11) is 0. The number of Topliss-reactive ketones (excluding diaryl/α,β-unsaturated/α-hetero) is 1. The quantitative estimate of drug-likeness (QED) is 0.500. The lowest BCUT2D eigenvalue weighted by molar-refractivity contribution is -0.150. The first-order valence-corrected chi connectivity index (χ1v) is 12.8. The number of fused-ring (bicyclic) bond motifs is 1. The molecule has 1 amide bonds. The third-order valence-corrected chi connectivity index (χ3v) is 7.58. The summed E-state index contributed by atoms with van der Waals surface area (Å²) in [5, 5.41) is 3.53. The number of aromatic nitrogens is 1. The number of ether oxygens (including phenoxy) is 1. The minimum Gasteiger partial charge on any atom is -0.462 e. The number of anilines is 1. The molecule has 1 saturated carbocycles. The molecule has 8 heteroatoms. The summed E-state index contributed by atoms with van der Waals surface area (Å²) >= 11 is 0. The number of esters is 1. The Hall–Kier alpha value is -3.13. The van der Waals surface area contributed by atoms with Gasteiger partial charge in [-0.15, -0.1) is 0 Å². The SMILES string of the molecule is Cc1c2c(n(-c3ccc(C(N)=O)c(NC4CCC(OC(=O)CCN)CC4)c3)c1C)CC(C)(C)CC2=O. The van der Waals surface area contributed by atoms with Crippen LogP contribution < -0.4 is 16.8 Å². The van der Waals surface area contributed by atoms with Crippen LogP contribution in [0.1, 0.15) is 90.0 Å². The number of nitrogens with one attached hydrogen (secondary N) is 1. The number of benzene rings is 1. The molecular formula is C28H38N4O4. The van der Waals surface area contributed by atoms with E-state index in [1.807, 2.05) is 26.0 Å². The molecule has 1 aromatic carbocycles. The van der Waals surface area contributed by atoms with E-state index in [0.29, 0.717) is 17.7 Å². The zero-order chi connectivity index (χ0) is 26.2. The third kappa shape index (κ3) is 5.19. The van der Waals surface area contributed by atoms with E-state index >= 15 is 0 Å². The van der Waals surface area contributed by atoms with Gasteiger partial charge < -0.3 is 26.1 Å². The Labute approximate surface area is 212 Å². The van der Waals surface area contributed by atoms with Gasteiger partial charge in [-0.1, -0.05) is 13.8 Å². The highest BCUT2D eigenvalue weighted by Gasteiger charge is 2.36. The second-order valence-corrected chi connectivity index (χ2v) is 11.0. The first-order chi connectivity index (χ1) is 17.0. The maximum Gasteiger partial charge on any atom is 0.307 e. The molecule has 1 fully saturated rings. The fourth-order valence-electron chi connectivity index (χ4n) is 5.72. The largest absolute Gasteiger partial charge is 0.462 e. The third-order valence-electron chi connectivity index (χ3n) is 7.58. The monoisotopic (exact) mass is 494 g/mol. The van der Waals surface area contributed by atoms with Gasteiger partial charge in [0, 0.05) is 47.3 Å². The van der Waals surface area contributed by atoms with Crippen molar-refractivity contribution >= 4 is 23.3 Å². The van der Waals surface area contributed by atoms with Crippen molar-refractivity contribution in [2.24, 2.45) is 16.9 Å². The molecule has 194 valence electrons. The number of carbonyl (C=O) groups excluding carboxylic acids is 3. The Bertz CT molecular complexity index is 1190. The molecule has 36 heavy (non-hydrogen) atoms. The van der Waals surface area contributed by atoms with Crippen LogP contribution in [0.3, 0.4) is 0 Å². The molecule has 0 unspecified atom stereocenters. The summed E-state index contributed by atoms with van der Waals surface area (Å²) in [6.45, 7) is 8.59. The van der Waals surface area contributed by atoms with Crippen LogP contribution in [0.2, 0.25) is 0 Å². The fraction of sp³-hybridized carbons (Fsp3) is 0.536. The van der Waals surface area contributed by atoms with E-state index in [2.05, 4.69) is 23.7 Å². The van der Waals surface area contributed by atoms with Gasteiger partial charge in [0.1, 0.15) is 6.10 Å². The zero-order valence-electron chi connectivity index (χ0n) is 21.8. The van der Waals surface area contributed by atoms with E-state index in [4.69, 9.17) is 16.2 Å². The Balaban J connectivity index is 1.61. The van der Waals surface area contributed by atoms with Crippen molar-refractivity contribution in [3.05, 3.63) is 46.3 Å². The molecule has 0 aliphatic heterocycles. The number of hydrogen-bond acceptors (Lipinski definition) is 6. The predicted octanol–water partition coefficient (Wildman–Crippen LogP) is 3.96. The minimum absolute atomic E-state index is 0.0954. The van der Waals surface area contributed by atoms with Crippen molar-refractivity contribution in [1.29, 1.82) is 0 Å². The van der Waals surface area contributed by atoms with Crippen LogP contribution >= 0.6 is 0 Å². The van der Waals surface area contributed by atoms with Crippen molar-refractivity contribution in [3.8, 4) is 5.69 Å². The van der Waals surface area contributed by atoms with Crippen LogP contribution in [-0.2, 0) is 16.0 Å². The van der Waals surface area contributed by atoms with Gasteiger partial charge >= 0.3 is 5.97 Å². The molecule has 0 spiro atoms. The second-order valence-electron chi connectivity index (χ2n) is 11.0. The van der Waals surface area contributed by atoms with E-state index < -0.39 is 5.91 Å². The van der Waals surface area contributed by atoms with Gasteiger partial charge in [0.25, 0.3) is 5.91 Å². The van der Waals surface area contributed by atoms with E-state index in [1.54, 1.807) is 6.07 Å². The van der Waals surface area contributed by atoms with Crippen LogP contribution in [0.4, 0.5) is 5.69 Å². The van der Waals surface area contributed by atoms with Crippen LogP contribution in [0, 0.1) is 19.3 Å². The van der Waals surface area contributed by atoms with Crippen molar-refractivity contribution in [2.75, 3.05) is 11.9 Å². The van der Waals surface area contributed by atoms with Gasteiger partial charge in [0.05, 0.1) is 12.0 Å². The highest BCUT2D eigenvalue weighted by molar-refractivity contribution is 6.01. The fourth-order valence-corrected chi connectivity index (χ4v) is 5.72. The van der Waals surface area contributed by atoms with Crippen molar-refractivity contribution in [3.63, 3.8) is 0 Å². The number of rotatable bonds is 7. The highest BCUT2D eigenvalue weighted by atomic mass is 16.5. The van der Waals surface area contributed by atoms with E-state index in [-0.39, 0.29) is 42.3 Å². The summed E-state index contributed by atoms with van der Waals surface area (Å²) in [5.41, 5.74) is 17.0. The topological polar surface area (TPSA) is 129 Å². The molecule has 0 bridgehead atoms. The van der Waals surface area contributed by atoms with E-state index in [1.165, 1.54) is 0 Å². The van der Waals surface area contributed by atoms with Gasteiger partial charge in [-0.2, -0.15) is 0 Å². The van der Waals surface area contributed by atoms with Crippen LogP contribution in [0.15, 0.2) is 18.2 Å². The number of amides is 1. The lowest BCUT2D eigenvalue weighted by atomic mass is 9.75. The first-order valence-electron chi connectivity index (χ1n) is 12.8. The minimum atomic E-state index is -0.493. The van der Waals surface area contributed by atoms with Gasteiger partial charge in [-0.3, -0.25) is 14.4 Å². The molecule has 1 heterocycles. The number of ketones is 1. The number of carbonyl (C=O) groups is 3. The molecule has 0 radical (unpaired) electrons. The van der Waals surface area contributed by atoms with Crippen molar-refractivity contribution < 1.29 is 19.1 Å². The number of nitrogens with zero attached hydrogens (tertiary/aromatic N) is 1. The number of hydrogen-bond donors (Lipinski definition) is 3. The Morgan fingerprint density at radius 2 is 1.83 bits per heavy atom. The molecule has 2 aliphatic rings. The molecule has 5 N–H and O–H groups in total. The first kappa shape index (κ1) is 25.9. The van der Waals surface area contributed by atoms with Gasteiger partial charge in [-0.05, 0) is 75.1 Å². The van der Waals surface area contributed by atoms with Crippen molar-refractivity contribution in [1.82, 2.24) is 4.57 Å². The average Bonchev–Trinajstić information content (AvgIpc) is 3.03. The molecule has 4 rings (SSSR count). The number of nitrogens with two attached hydrogens (primary N) is 2. The molecule has 0 atom stereocenters. The normalized spacial score (nSPS) is 21.1.